The molecular weight excluding hydrogens is 445 g/mol. The number of hydrogen-bond acceptors (Lipinski definition) is 6. The van der Waals surface area contributed by atoms with Gasteiger partial charge < -0.3 is 10.6 Å². The van der Waals surface area contributed by atoms with Gasteiger partial charge in [-0.15, -0.1) is 6.58 Å². The Balaban J connectivity index is 1.61. The van der Waals surface area contributed by atoms with Crippen molar-refractivity contribution in [1.82, 2.24) is 29.6 Å². The van der Waals surface area contributed by atoms with Crippen LogP contribution in [0.2, 0.25) is 0 Å². The summed E-state index contributed by atoms with van der Waals surface area (Å²) >= 11 is 0. The van der Waals surface area contributed by atoms with Crippen LogP contribution in [0.5, 0.6) is 0 Å². The van der Waals surface area contributed by atoms with Crippen LogP contribution in [-0.2, 0) is 24.9 Å². The summed E-state index contributed by atoms with van der Waals surface area (Å²) < 4.78 is 16.9. The van der Waals surface area contributed by atoms with Crippen LogP contribution in [0.15, 0.2) is 60.2 Å². The van der Waals surface area contributed by atoms with E-state index in [-0.39, 0.29) is 12.1 Å². The van der Waals surface area contributed by atoms with Gasteiger partial charge in [0, 0.05) is 30.0 Å². The van der Waals surface area contributed by atoms with Crippen LogP contribution in [0.3, 0.4) is 0 Å². The van der Waals surface area contributed by atoms with Crippen molar-refractivity contribution in [1.29, 1.82) is 0 Å². The number of allylic oxidation sites excluding steroid dienone is 1. The summed E-state index contributed by atoms with van der Waals surface area (Å²) in [5.74, 6) is 0.379. The zero-order valence-corrected chi connectivity index (χ0v) is 19.9. The Morgan fingerprint density at radius 2 is 2.09 bits per heavy atom. The fraction of sp³-hybridized carbons (Fsp3) is 0.308. The summed E-state index contributed by atoms with van der Waals surface area (Å²) in [7, 11) is 0. The minimum Gasteiger partial charge on any atom is -0.324 e. The van der Waals surface area contributed by atoms with Crippen molar-refractivity contribution in [2.45, 2.75) is 38.8 Å². The van der Waals surface area contributed by atoms with E-state index in [1.807, 2.05) is 6.07 Å². The molecule has 0 radical (unpaired) electrons. The van der Waals surface area contributed by atoms with Gasteiger partial charge in [-0.2, -0.15) is 4.98 Å². The van der Waals surface area contributed by atoms with E-state index in [1.54, 1.807) is 47.6 Å². The van der Waals surface area contributed by atoms with Crippen LogP contribution in [-0.4, -0.2) is 37.5 Å². The fourth-order valence-corrected chi connectivity index (χ4v) is 4.32. The molecule has 0 spiro atoms. The van der Waals surface area contributed by atoms with Gasteiger partial charge in [-0.05, 0) is 48.4 Å². The van der Waals surface area contributed by atoms with Gasteiger partial charge in [0.25, 0.3) is 5.56 Å². The average molecular weight is 474 g/mol. The molecule has 9 heteroatoms. The first kappa shape index (κ1) is 22.9. The van der Waals surface area contributed by atoms with Crippen LogP contribution >= 0.6 is 0 Å². The lowest BCUT2D eigenvalue weighted by Crippen LogP contribution is -2.24. The van der Waals surface area contributed by atoms with E-state index in [9.17, 15) is 9.18 Å². The molecule has 0 atom stereocenters. The highest BCUT2D eigenvalue weighted by molar-refractivity contribution is 5.77. The summed E-state index contributed by atoms with van der Waals surface area (Å²) in [5.41, 5.74) is 4.18. The van der Waals surface area contributed by atoms with Gasteiger partial charge in [0.15, 0.2) is 5.65 Å². The predicted molar refractivity (Wildman–Crippen MR) is 135 cm³/mol. The van der Waals surface area contributed by atoms with Crippen LogP contribution in [0.25, 0.3) is 16.7 Å². The number of aromatic nitrogens is 5. The minimum atomic E-state index is -0.758. The van der Waals surface area contributed by atoms with Crippen LogP contribution < -0.4 is 16.2 Å². The Labute approximate surface area is 202 Å². The first-order valence-corrected chi connectivity index (χ1v) is 11.6. The second-order valence-electron chi connectivity index (χ2n) is 9.37. The van der Waals surface area contributed by atoms with Crippen LogP contribution in [0, 0.1) is 0 Å². The van der Waals surface area contributed by atoms with Gasteiger partial charge in [0.1, 0.15) is 12.1 Å². The molecule has 35 heavy (non-hydrogen) atoms. The molecule has 1 aromatic carbocycles. The molecule has 8 nitrogen and oxygen atoms in total. The maximum absolute atomic E-state index is 13.7. The van der Waals surface area contributed by atoms with Crippen molar-refractivity contribution < 1.29 is 4.39 Å². The van der Waals surface area contributed by atoms with Crippen LogP contribution in [0.1, 0.15) is 30.7 Å². The Hall–Kier alpha value is -3.85. The summed E-state index contributed by atoms with van der Waals surface area (Å²) in [6.45, 7) is 8.92. The van der Waals surface area contributed by atoms with E-state index < -0.39 is 12.1 Å². The van der Waals surface area contributed by atoms with E-state index in [0.29, 0.717) is 28.4 Å². The number of nitrogens with one attached hydrogen (secondary N) is 2. The second-order valence-corrected chi connectivity index (χ2v) is 9.37. The largest absolute Gasteiger partial charge is 0.324 e. The summed E-state index contributed by atoms with van der Waals surface area (Å²) in [6.07, 6.45) is 5.82. The van der Waals surface area contributed by atoms with Gasteiger partial charge in [-0.25, -0.2) is 14.3 Å². The molecule has 1 aliphatic heterocycles. The molecule has 0 aliphatic carbocycles. The third-order valence-corrected chi connectivity index (χ3v) is 6.34. The Morgan fingerprint density at radius 3 is 2.89 bits per heavy atom. The summed E-state index contributed by atoms with van der Waals surface area (Å²) in [5, 5.41) is 7.04. The number of rotatable bonds is 7. The molecule has 5 rings (SSSR count). The minimum absolute atomic E-state index is 0.227. The Morgan fingerprint density at radius 1 is 1.23 bits per heavy atom. The fourth-order valence-electron chi connectivity index (χ4n) is 4.32. The third-order valence-electron chi connectivity index (χ3n) is 6.34. The molecule has 0 saturated heterocycles. The smallest absolute Gasteiger partial charge is 0.278 e. The molecule has 0 fully saturated rings. The van der Waals surface area contributed by atoms with Crippen molar-refractivity contribution in [3.8, 4) is 5.69 Å². The summed E-state index contributed by atoms with van der Waals surface area (Å²) in [4.78, 5) is 26.7. The first-order chi connectivity index (χ1) is 16.9. The van der Waals surface area contributed by atoms with E-state index in [2.05, 4.69) is 39.3 Å². The number of fused-ring (bicyclic) bond motifs is 2. The summed E-state index contributed by atoms with van der Waals surface area (Å²) in [6, 6.07) is 9.81. The molecular formula is C26H28FN7O. The van der Waals surface area contributed by atoms with Crippen molar-refractivity contribution in [2.75, 3.05) is 18.5 Å². The van der Waals surface area contributed by atoms with E-state index in [1.165, 1.54) is 17.3 Å². The van der Waals surface area contributed by atoms with Crippen molar-refractivity contribution >= 4 is 22.7 Å². The highest BCUT2D eigenvalue weighted by atomic mass is 19.1. The zero-order valence-electron chi connectivity index (χ0n) is 19.9. The monoisotopic (exact) mass is 473 g/mol. The van der Waals surface area contributed by atoms with E-state index >= 15 is 0 Å². The van der Waals surface area contributed by atoms with Crippen molar-refractivity contribution in [3.05, 3.63) is 82.6 Å². The standard InChI is InChI=1S/C26H28FN7O/c1-4-11-33-24(35)21-15-30-25(31-19-6-5-17-7-9-28-14-18(17)12-19)32-23(21)34(33)20-8-10-29-22(13-20)26(2,3)16-27/h4-6,8,10,12-13,15,28H,1,7,9,11,14,16H2,2-3H3,(H,30,31,32). The van der Waals surface area contributed by atoms with Gasteiger partial charge in [0.05, 0.1) is 17.9 Å². The zero-order chi connectivity index (χ0) is 24.6. The predicted octanol–water partition coefficient (Wildman–Crippen LogP) is 3.80. The van der Waals surface area contributed by atoms with Gasteiger partial charge in [-0.1, -0.05) is 26.0 Å². The van der Waals surface area contributed by atoms with E-state index in [0.717, 1.165) is 25.2 Å². The van der Waals surface area contributed by atoms with Crippen LogP contribution in [0.4, 0.5) is 16.0 Å². The highest BCUT2D eigenvalue weighted by Crippen LogP contribution is 2.26. The first-order valence-electron chi connectivity index (χ1n) is 11.6. The van der Waals surface area contributed by atoms with Gasteiger partial charge in [-0.3, -0.25) is 14.2 Å². The maximum atomic E-state index is 13.7. The topological polar surface area (TPSA) is 89.7 Å². The number of pyridine rings is 1. The van der Waals surface area contributed by atoms with Crippen molar-refractivity contribution in [2.24, 2.45) is 0 Å². The quantitative estimate of drug-likeness (QED) is 0.397. The maximum Gasteiger partial charge on any atom is 0.278 e. The lowest BCUT2D eigenvalue weighted by atomic mass is 9.90. The Bertz CT molecular complexity index is 1470. The number of nitrogens with zero attached hydrogens (tertiary/aromatic N) is 5. The van der Waals surface area contributed by atoms with E-state index in [4.69, 9.17) is 4.98 Å². The van der Waals surface area contributed by atoms with Crippen molar-refractivity contribution in [3.63, 3.8) is 0 Å². The number of halogens is 1. The molecule has 3 aromatic heterocycles. The third kappa shape index (κ3) is 4.23. The van der Waals surface area contributed by atoms with Gasteiger partial charge >= 0.3 is 0 Å². The molecule has 0 saturated carbocycles. The normalized spacial score (nSPS) is 13.6. The number of anilines is 2. The Kier molecular flexibility index (Phi) is 5.94. The molecule has 180 valence electrons. The molecule has 0 unspecified atom stereocenters. The number of hydrogen-bond donors (Lipinski definition) is 2. The lowest BCUT2D eigenvalue weighted by Gasteiger charge is -2.21. The highest BCUT2D eigenvalue weighted by Gasteiger charge is 2.24. The molecule has 0 bridgehead atoms. The number of benzene rings is 1. The molecule has 4 heterocycles. The lowest BCUT2D eigenvalue weighted by molar-refractivity contribution is 0.344. The number of alkyl halides is 1. The van der Waals surface area contributed by atoms with Gasteiger partial charge in [0.2, 0.25) is 5.95 Å². The molecule has 1 aliphatic rings. The SMILES string of the molecule is C=CCn1c(=O)c2cnc(Nc3ccc4c(c3)CNCC4)nc2n1-c1ccnc(C(C)(C)CF)c1. The molecule has 2 N–H and O–H groups in total. The average Bonchev–Trinajstić information content (AvgIpc) is 3.15. The second kappa shape index (κ2) is 9.07. The molecule has 4 aromatic rings. The molecule has 0 amide bonds.